The van der Waals surface area contributed by atoms with Crippen LogP contribution in [-0.4, -0.2) is 33.0 Å². The molecule has 6 heteroatoms. The number of nitrogens with zero attached hydrogens (tertiary/aromatic N) is 2. The van der Waals surface area contributed by atoms with Crippen LogP contribution >= 0.6 is 0 Å². The molecular weight excluding hydrogens is 282 g/mol. The molecule has 1 atom stereocenters. The summed E-state index contributed by atoms with van der Waals surface area (Å²) in [5.74, 6) is -1.34. The van der Waals surface area contributed by atoms with Gasteiger partial charge in [0.25, 0.3) is 5.91 Å². The molecule has 1 amide bonds. The molecule has 0 aliphatic heterocycles. The lowest BCUT2D eigenvalue weighted by atomic mass is 10.1. The minimum Gasteiger partial charge on any atom is -0.481 e. The highest BCUT2D eigenvalue weighted by Crippen LogP contribution is 2.16. The second-order valence-corrected chi connectivity index (χ2v) is 4.83. The third-order valence-corrected chi connectivity index (χ3v) is 3.22. The van der Waals surface area contributed by atoms with Gasteiger partial charge in [-0.05, 0) is 12.5 Å². The molecule has 1 aromatic heterocycles. The molecule has 114 valence electrons. The summed E-state index contributed by atoms with van der Waals surface area (Å²) in [6.07, 6.45) is 1.75. The summed E-state index contributed by atoms with van der Waals surface area (Å²) in [5, 5.41) is 11.5. The smallest absolute Gasteiger partial charge is 0.305 e. The second-order valence-electron chi connectivity index (χ2n) is 4.83. The van der Waals surface area contributed by atoms with Gasteiger partial charge < -0.3 is 10.4 Å². The van der Waals surface area contributed by atoms with Crippen LogP contribution in [0.3, 0.4) is 0 Å². The molecule has 0 radical (unpaired) electrons. The van der Waals surface area contributed by atoms with Crippen molar-refractivity contribution < 1.29 is 14.7 Å². The fourth-order valence-corrected chi connectivity index (χ4v) is 2.02. The largest absolute Gasteiger partial charge is 0.481 e. The van der Waals surface area contributed by atoms with Crippen LogP contribution in [0.15, 0.2) is 42.7 Å². The van der Waals surface area contributed by atoms with E-state index in [-0.39, 0.29) is 12.1 Å². The molecule has 6 nitrogen and oxygen atoms in total. The first-order valence-electron chi connectivity index (χ1n) is 7.00. The van der Waals surface area contributed by atoms with Crippen molar-refractivity contribution in [2.75, 3.05) is 0 Å². The van der Waals surface area contributed by atoms with E-state index in [1.807, 2.05) is 37.3 Å². The van der Waals surface area contributed by atoms with Gasteiger partial charge in [-0.3, -0.25) is 9.59 Å². The molecule has 0 spiro atoms. The zero-order chi connectivity index (χ0) is 15.9. The Kier molecular flexibility index (Phi) is 5.19. The Bertz CT molecular complexity index is 659. The van der Waals surface area contributed by atoms with Gasteiger partial charge in [0.1, 0.15) is 12.0 Å². The number of carboxylic acids is 1. The number of carbonyl (C=O) groups excluding carboxylic acids is 1. The van der Waals surface area contributed by atoms with E-state index in [1.165, 1.54) is 6.33 Å². The van der Waals surface area contributed by atoms with Crippen LogP contribution < -0.4 is 5.32 Å². The standard InChI is InChI=1S/C16H17N3O3/c1-2-12(8-15(20)21)19-16(22)14-9-13(17-10-18-14)11-6-4-3-5-7-11/h3-7,9-10,12H,2,8H2,1H3,(H,19,22)(H,20,21). The van der Waals surface area contributed by atoms with Crippen molar-refractivity contribution in [3.05, 3.63) is 48.4 Å². The second kappa shape index (κ2) is 7.31. The number of aliphatic carboxylic acids is 1. The van der Waals surface area contributed by atoms with Crippen molar-refractivity contribution in [2.45, 2.75) is 25.8 Å². The first-order valence-corrected chi connectivity index (χ1v) is 7.00. The van der Waals surface area contributed by atoms with E-state index in [0.717, 1.165) is 5.56 Å². The molecule has 22 heavy (non-hydrogen) atoms. The summed E-state index contributed by atoms with van der Waals surface area (Å²) in [6.45, 7) is 1.82. The first kappa shape index (κ1) is 15.6. The molecule has 0 aliphatic rings. The predicted molar refractivity (Wildman–Crippen MR) is 81.3 cm³/mol. The van der Waals surface area contributed by atoms with E-state index >= 15 is 0 Å². The van der Waals surface area contributed by atoms with Crippen molar-refractivity contribution in [1.29, 1.82) is 0 Å². The SMILES string of the molecule is CCC(CC(=O)O)NC(=O)c1cc(-c2ccccc2)ncn1. The number of carbonyl (C=O) groups is 2. The highest BCUT2D eigenvalue weighted by Gasteiger charge is 2.16. The monoisotopic (exact) mass is 299 g/mol. The minimum absolute atomic E-state index is 0.112. The normalized spacial score (nSPS) is 11.7. The lowest BCUT2D eigenvalue weighted by Crippen LogP contribution is -2.36. The van der Waals surface area contributed by atoms with Crippen molar-refractivity contribution in [1.82, 2.24) is 15.3 Å². The maximum absolute atomic E-state index is 12.2. The maximum atomic E-state index is 12.2. The summed E-state index contributed by atoms with van der Waals surface area (Å²) in [5.41, 5.74) is 1.75. The van der Waals surface area contributed by atoms with Crippen LogP contribution in [0, 0.1) is 0 Å². The highest BCUT2D eigenvalue weighted by atomic mass is 16.4. The van der Waals surface area contributed by atoms with Crippen molar-refractivity contribution in [3.63, 3.8) is 0 Å². The van der Waals surface area contributed by atoms with Gasteiger partial charge in [0.15, 0.2) is 0 Å². The first-order chi connectivity index (χ1) is 10.6. The summed E-state index contributed by atoms with van der Waals surface area (Å²) in [6, 6.07) is 10.6. The number of benzene rings is 1. The van der Waals surface area contributed by atoms with Gasteiger partial charge in [-0.2, -0.15) is 0 Å². The van der Waals surface area contributed by atoms with Crippen molar-refractivity contribution >= 4 is 11.9 Å². The van der Waals surface area contributed by atoms with Gasteiger partial charge in [-0.15, -0.1) is 0 Å². The fourth-order valence-electron chi connectivity index (χ4n) is 2.02. The molecule has 1 heterocycles. The number of rotatable bonds is 6. The lowest BCUT2D eigenvalue weighted by Gasteiger charge is -2.14. The van der Waals surface area contributed by atoms with Gasteiger partial charge >= 0.3 is 5.97 Å². The van der Waals surface area contributed by atoms with Crippen LogP contribution in [0.2, 0.25) is 0 Å². The molecule has 0 aliphatic carbocycles. The van der Waals surface area contributed by atoms with E-state index in [9.17, 15) is 9.59 Å². The molecule has 0 saturated carbocycles. The zero-order valence-corrected chi connectivity index (χ0v) is 12.2. The molecule has 2 rings (SSSR count). The third-order valence-electron chi connectivity index (χ3n) is 3.22. The van der Waals surface area contributed by atoms with E-state index in [1.54, 1.807) is 6.07 Å². The Morgan fingerprint density at radius 2 is 1.95 bits per heavy atom. The quantitative estimate of drug-likeness (QED) is 0.852. The van der Waals surface area contributed by atoms with Crippen LogP contribution in [0.25, 0.3) is 11.3 Å². The Hall–Kier alpha value is -2.76. The molecular formula is C16H17N3O3. The van der Waals surface area contributed by atoms with E-state index in [4.69, 9.17) is 5.11 Å². The Morgan fingerprint density at radius 1 is 1.23 bits per heavy atom. The molecule has 1 unspecified atom stereocenters. The van der Waals surface area contributed by atoms with Gasteiger partial charge in [0.05, 0.1) is 12.1 Å². The molecule has 0 saturated heterocycles. The van der Waals surface area contributed by atoms with Crippen LogP contribution in [0.5, 0.6) is 0 Å². The molecule has 0 bridgehead atoms. The third kappa shape index (κ3) is 4.12. The number of nitrogens with one attached hydrogen (secondary N) is 1. The number of hydrogen-bond donors (Lipinski definition) is 2. The molecule has 2 aromatic rings. The fraction of sp³-hybridized carbons (Fsp3) is 0.250. The number of aromatic nitrogens is 2. The minimum atomic E-state index is -0.945. The molecule has 0 fully saturated rings. The van der Waals surface area contributed by atoms with Crippen LogP contribution in [0.1, 0.15) is 30.3 Å². The van der Waals surface area contributed by atoms with Gasteiger partial charge in [0.2, 0.25) is 0 Å². The maximum Gasteiger partial charge on any atom is 0.305 e. The molecule has 1 aromatic carbocycles. The summed E-state index contributed by atoms with van der Waals surface area (Å²) in [7, 11) is 0. The topological polar surface area (TPSA) is 92.2 Å². The average molecular weight is 299 g/mol. The summed E-state index contributed by atoms with van der Waals surface area (Å²) < 4.78 is 0. The van der Waals surface area contributed by atoms with E-state index in [2.05, 4.69) is 15.3 Å². The highest BCUT2D eigenvalue weighted by molar-refractivity contribution is 5.93. The Labute approximate surface area is 128 Å². The lowest BCUT2D eigenvalue weighted by molar-refractivity contribution is -0.137. The zero-order valence-electron chi connectivity index (χ0n) is 12.2. The molecule has 2 N–H and O–H groups in total. The number of carboxylic acid groups (broad SMARTS) is 1. The van der Waals surface area contributed by atoms with Crippen molar-refractivity contribution in [3.8, 4) is 11.3 Å². The average Bonchev–Trinajstić information content (AvgIpc) is 2.54. The Morgan fingerprint density at radius 3 is 2.59 bits per heavy atom. The predicted octanol–water partition coefficient (Wildman–Crippen LogP) is 2.13. The Balaban J connectivity index is 2.15. The van der Waals surface area contributed by atoms with E-state index in [0.29, 0.717) is 12.1 Å². The summed E-state index contributed by atoms with van der Waals surface area (Å²) in [4.78, 5) is 31.0. The van der Waals surface area contributed by atoms with E-state index < -0.39 is 17.9 Å². The van der Waals surface area contributed by atoms with Gasteiger partial charge in [-0.1, -0.05) is 37.3 Å². The van der Waals surface area contributed by atoms with Crippen LogP contribution in [-0.2, 0) is 4.79 Å². The number of amides is 1. The number of hydrogen-bond acceptors (Lipinski definition) is 4. The van der Waals surface area contributed by atoms with Gasteiger partial charge in [0, 0.05) is 11.6 Å². The summed E-state index contributed by atoms with van der Waals surface area (Å²) >= 11 is 0. The van der Waals surface area contributed by atoms with Crippen molar-refractivity contribution in [2.24, 2.45) is 0 Å². The van der Waals surface area contributed by atoms with Crippen LogP contribution in [0.4, 0.5) is 0 Å². The van der Waals surface area contributed by atoms with Gasteiger partial charge in [-0.25, -0.2) is 9.97 Å².